The Hall–Kier alpha value is -7.00. The molecule has 2 aliphatic carbocycles. The summed E-state index contributed by atoms with van der Waals surface area (Å²) in [5.41, 5.74) is 21.5. The first kappa shape index (κ1) is 36.8. The molecule has 296 valence electrons. The van der Waals surface area contributed by atoms with Crippen LogP contribution >= 0.6 is 11.3 Å². The van der Waals surface area contributed by atoms with Crippen LogP contribution in [-0.4, -0.2) is 0 Å². The van der Waals surface area contributed by atoms with Gasteiger partial charge in [-0.05, 0) is 132 Å². The van der Waals surface area contributed by atoms with Crippen molar-refractivity contribution in [1.82, 2.24) is 0 Å². The maximum absolute atomic E-state index is 2.44. The van der Waals surface area contributed by atoms with Gasteiger partial charge >= 0.3 is 0 Å². The number of thiophene rings is 1. The Kier molecular flexibility index (Phi) is 8.17. The molecule has 0 saturated heterocycles. The molecule has 0 fully saturated rings. The van der Waals surface area contributed by atoms with Gasteiger partial charge in [-0.15, -0.1) is 11.3 Å². The van der Waals surface area contributed by atoms with E-state index in [1.54, 1.807) is 0 Å². The van der Waals surface area contributed by atoms with Crippen molar-refractivity contribution in [1.29, 1.82) is 0 Å². The van der Waals surface area contributed by atoms with Crippen LogP contribution in [0.2, 0.25) is 0 Å². The van der Waals surface area contributed by atoms with E-state index in [0.717, 1.165) is 17.1 Å². The standard InChI is InChI=1S/C60H45NS/c1-59(2)53-19-10-8-15-47(53)48-32-26-42(36-54(48)59)39-21-27-43(28-22-39)61(44-29-23-40(24-30-44)46-17-12-18-52-51-16-9-11-20-57(51)62-58(46)52)45-31-34-50-49-33-25-41(38-13-6-5-7-14-38)35-55(49)60(3,4)56(50)37-45/h5-37H,1-4H3. The molecule has 0 atom stereocenters. The summed E-state index contributed by atoms with van der Waals surface area (Å²) in [7, 11) is 0. The minimum Gasteiger partial charge on any atom is -0.310 e. The van der Waals surface area contributed by atoms with E-state index in [4.69, 9.17) is 0 Å². The van der Waals surface area contributed by atoms with Crippen LogP contribution in [0.5, 0.6) is 0 Å². The van der Waals surface area contributed by atoms with Crippen molar-refractivity contribution in [3.05, 3.63) is 222 Å². The molecule has 0 amide bonds. The summed E-state index contributed by atoms with van der Waals surface area (Å²) in [5.74, 6) is 0. The van der Waals surface area contributed by atoms with Crippen LogP contribution in [0.3, 0.4) is 0 Å². The largest absolute Gasteiger partial charge is 0.310 e. The third-order valence-corrected chi connectivity index (χ3v) is 15.1. The van der Waals surface area contributed by atoms with Crippen molar-refractivity contribution >= 4 is 48.6 Å². The van der Waals surface area contributed by atoms with Crippen molar-refractivity contribution in [3.63, 3.8) is 0 Å². The van der Waals surface area contributed by atoms with Gasteiger partial charge in [0.05, 0.1) is 0 Å². The van der Waals surface area contributed by atoms with Gasteiger partial charge in [0.15, 0.2) is 0 Å². The predicted octanol–water partition coefficient (Wildman–Crippen LogP) is 17.1. The molecule has 12 rings (SSSR count). The molecular formula is C60H45NS. The van der Waals surface area contributed by atoms with Gasteiger partial charge in [0, 0.05) is 48.1 Å². The van der Waals surface area contributed by atoms with Crippen LogP contribution in [0.4, 0.5) is 17.1 Å². The van der Waals surface area contributed by atoms with Crippen molar-refractivity contribution in [3.8, 4) is 55.6 Å². The highest BCUT2D eigenvalue weighted by atomic mass is 32.1. The molecule has 10 aromatic rings. The van der Waals surface area contributed by atoms with E-state index in [1.165, 1.54) is 98.1 Å². The Balaban J connectivity index is 0.952. The number of benzene rings is 9. The molecule has 9 aromatic carbocycles. The van der Waals surface area contributed by atoms with E-state index in [-0.39, 0.29) is 10.8 Å². The minimum absolute atomic E-state index is 0.0442. The fourth-order valence-electron chi connectivity index (χ4n) is 10.6. The van der Waals surface area contributed by atoms with E-state index in [9.17, 15) is 0 Å². The molecule has 0 aliphatic heterocycles. The van der Waals surface area contributed by atoms with Crippen LogP contribution in [0.15, 0.2) is 200 Å². The Morgan fingerprint density at radius 2 is 0.790 bits per heavy atom. The molecule has 0 unspecified atom stereocenters. The Labute approximate surface area is 368 Å². The van der Waals surface area contributed by atoms with Crippen LogP contribution in [0, 0.1) is 0 Å². The van der Waals surface area contributed by atoms with Crippen LogP contribution in [0.1, 0.15) is 49.9 Å². The molecule has 2 aliphatic rings. The number of rotatable bonds is 6. The summed E-state index contributed by atoms with van der Waals surface area (Å²) in [5, 5.41) is 2.65. The zero-order valence-electron chi connectivity index (χ0n) is 35.4. The van der Waals surface area contributed by atoms with Crippen molar-refractivity contribution < 1.29 is 0 Å². The van der Waals surface area contributed by atoms with Gasteiger partial charge in [0.2, 0.25) is 0 Å². The number of hydrogen-bond acceptors (Lipinski definition) is 2. The Morgan fingerprint density at radius 1 is 0.323 bits per heavy atom. The van der Waals surface area contributed by atoms with E-state index < -0.39 is 0 Å². The van der Waals surface area contributed by atoms with Gasteiger partial charge in [0.25, 0.3) is 0 Å². The lowest BCUT2D eigenvalue weighted by atomic mass is 9.81. The molecule has 0 radical (unpaired) electrons. The van der Waals surface area contributed by atoms with Crippen LogP contribution in [0.25, 0.3) is 75.8 Å². The Morgan fingerprint density at radius 3 is 1.48 bits per heavy atom. The van der Waals surface area contributed by atoms with Gasteiger partial charge in [-0.1, -0.05) is 173 Å². The minimum atomic E-state index is -0.172. The van der Waals surface area contributed by atoms with Gasteiger partial charge in [0.1, 0.15) is 0 Å². The Bertz CT molecular complexity index is 3390. The summed E-state index contributed by atoms with van der Waals surface area (Å²) in [6, 6.07) is 74.7. The zero-order valence-corrected chi connectivity index (χ0v) is 36.2. The second-order valence-corrected chi connectivity index (χ2v) is 19.2. The van der Waals surface area contributed by atoms with E-state index in [0.29, 0.717) is 0 Å². The van der Waals surface area contributed by atoms with E-state index in [1.807, 2.05) is 11.3 Å². The van der Waals surface area contributed by atoms with Gasteiger partial charge in [-0.25, -0.2) is 0 Å². The molecule has 0 saturated carbocycles. The highest BCUT2D eigenvalue weighted by Crippen LogP contribution is 2.53. The zero-order chi connectivity index (χ0) is 41.7. The summed E-state index contributed by atoms with van der Waals surface area (Å²) in [6.07, 6.45) is 0. The van der Waals surface area contributed by atoms with Gasteiger partial charge in [-0.2, -0.15) is 0 Å². The molecule has 1 aromatic heterocycles. The molecule has 0 spiro atoms. The second-order valence-electron chi connectivity index (χ2n) is 18.1. The number of anilines is 3. The monoisotopic (exact) mass is 811 g/mol. The maximum atomic E-state index is 2.44. The highest BCUT2D eigenvalue weighted by molar-refractivity contribution is 7.26. The lowest BCUT2D eigenvalue weighted by molar-refractivity contribution is 0.660. The first-order valence-corrected chi connectivity index (χ1v) is 22.6. The molecule has 0 N–H and O–H groups in total. The summed E-state index contributed by atoms with van der Waals surface area (Å²) in [4.78, 5) is 2.44. The second kappa shape index (κ2) is 13.8. The average molecular weight is 812 g/mol. The number of hydrogen-bond donors (Lipinski definition) is 0. The topological polar surface area (TPSA) is 3.24 Å². The third-order valence-electron chi connectivity index (χ3n) is 13.9. The quantitative estimate of drug-likeness (QED) is 0.162. The van der Waals surface area contributed by atoms with Crippen LogP contribution in [-0.2, 0) is 10.8 Å². The number of fused-ring (bicyclic) bond motifs is 9. The number of nitrogens with zero attached hydrogens (tertiary/aromatic N) is 1. The lowest BCUT2D eigenvalue weighted by Crippen LogP contribution is -2.16. The fraction of sp³-hybridized carbons (Fsp3) is 0.100. The predicted molar refractivity (Wildman–Crippen MR) is 265 cm³/mol. The fourth-order valence-corrected chi connectivity index (χ4v) is 11.8. The molecule has 1 nitrogen and oxygen atoms in total. The first-order chi connectivity index (χ1) is 30.2. The van der Waals surface area contributed by atoms with Crippen molar-refractivity contribution in [2.45, 2.75) is 38.5 Å². The first-order valence-electron chi connectivity index (χ1n) is 21.7. The van der Waals surface area contributed by atoms with Crippen molar-refractivity contribution in [2.24, 2.45) is 0 Å². The molecular weight excluding hydrogens is 767 g/mol. The van der Waals surface area contributed by atoms with Crippen LogP contribution < -0.4 is 4.90 Å². The molecule has 1 heterocycles. The lowest BCUT2D eigenvalue weighted by Gasteiger charge is -2.28. The maximum Gasteiger partial charge on any atom is 0.0465 e. The smallest absolute Gasteiger partial charge is 0.0465 e. The summed E-state index contributed by atoms with van der Waals surface area (Å²) < 4.78 is 2.66. The summed E-state index contributed by atoms with van der Waals surface area (Å²) in [6.45, 7) is 9.48. The normalized spacial score (nSPS) is 14.1. The van der Waals surface area contributed by atoms with E-state index in [2.05, 4.69) is 233 Å². The third kappa shape index (κ3) is 5.60. The molecule has 0 bridgehead atoms. The van der Waals surface area contributed by atoms with Crippen molar-refractivity contribution in [2.75, 3.05) is 4.90 Å². The summed E-state index contributed by atoms with van der Waals surface area (Å²) >= 11 is 1.88. The SMILES string of the molecule is CC1(C)c2ccccc2-c2ccc(-c3ccc(N(c4ccc(-c5cccc6c5sc5ccccc56)cc4)c4ccc5c(c4)C(C)(C)c4cc(-c6ccccc6)ccc4-5)cc3)cc21. The molecule has 2 heteroatoms. The molecule has 62 heavy (non-hydrogen) atoms. The van der Waals surface area contributed by atoms with Gasteiger partial charge < -0.3 is 4.90 Å². The average Bonchev–Trinajstić information content (AvgIpc) is 3.89. The van der Waals surface area contributed by atoms with E-state index >= 15 is 0 Å². The highest BCUT2D eigenvalue weighted by Gasteiger charge is 2.37. The van der Waals surface area contributed by atoms with Gasteiger partial charge in [-0.3, -0.25) is 0 Å².